The molecule has 0 amide bonds. The van der Waals surface area contributed by atoms with E-state index in [1.54, 1.807) is 0 Å². The lowest BCUT2D eigenvalue weighted by atomic mass is 9.35. The second-order valence-corrected chi connectivity index (χ2v) is 20.3. The fourth-order valence-electron chi connectivity index (χ4n) is 13.5. The lowest BCUT2D eigenvalue weighted by Gasteiger charge is -2.70. The summed E-state index contributed by atoms with van der Waals surface area (Å²) in [5, 5.41) is 85.5. The second-order valence-electron chi connectivity index (χ2n) is 20.3. The monoisotopic (exact) mass is 771 g/mol. The van der Waals surface area contributed by atoms with E-state index in [1.807, 2.05) is 0 Å². The van der Waals surface area contributed by atoms with Gasteiger partial charge in [0, 0.05) is 0 Å². The van der Waals surface area contributed by atoms with Gasteiger partial charge in [-0.25, -0.2) is 0 Å². The van der Waals surface area contributed by atoms with Crippen LogP contribution >= 0.6 is 0 Å². The molecule has 0 aromatic rings. The standard InChI is InChI=1S/C42H74O12/c1-21(2)10-9-11-22(3)23-12-16-42(8)30(23)24(45)18-28-40(6)15-14-29(39(4,5)27(40)13-17-41(28,42)7)53-38-36(34(49)32(47)26(20-44)52-38)54-37-35(50)33(48)31(46)25(19-43)51-37/h21-38,43-50H,9-20H2,1-8H3/t22-,23-,24-,25-,26-,27+,28-,29+,30+,31-,32-,33+,34+,35-,36-,37+,38+,40+,41-,42-/m1/s1. The number of hydrogen-bond acceptors (Lipinski definition) is 12. The highest BCUT2D eigenvalue weighted by Crippen LogP contribution is 2.75. The van der Waals surface area contributed by atoms with Gasteiger partial charge in [0.2, 0.25) is 0 Å². The average molecular weight is 771 g/mol. The first-order chi connectivity index (χ1) is 25.3. The van der Waals surface area contributed by atoms with Gasteiger partial charge in [0.05, 0.1) is 25.4 Å². The molecule has 6 aliphatic rings. The summed E-state index contributed by atoms with van der Waals surface area (Å²) in [6.45, 7) is 17.7. The number of rotatable bonds is 11. The maximum atomic E-state index is 12.2. The van der Waals surface area contributed by atoms with Gasteiger partial charge in [0.15, 0.2) is 12.6 Å². The highest BCUT2D eigenvalue weighted by molar-refractivity contribution is 5.19. The predicted octanol–water partition coefficient (Wildman–Crippen LogP) is 3.11. The van der Waals surface area contributed by atoms with Gasteiger partial charge in [-0.2, -0.15) is 0 Å². The fraction of sp³-hybridized carbons (Fsp3) is 1.00. The largest absolute Gasteiger partial charge is 0.394 e. The fourth-order valence-corrected chi connectivity index (χ4v) is 13.5. The molecule has 2 aliphatic heterocycles. The molecule has 54 heavy (non-hydrogen) atoms. The van der Waals surface area contributed by atoms with Gasteiger partial charge < -0.3 is 59.8 Å². The summed E-state index contributed by atoms with van der Waals surface area (Å²) in [5.41, 5.74) is -0.301. The van der Waals surface area contributed by atoms with E-state index in [2.05, 4.69) is 55.4 Å². The minimum Gasteiger partial charge on any atom is -0.394 e. The maximum Gasteiger partial charge on any atom is 0.187 e. The van der Waals surface area contributed by atoms with Crippen molar-refractivity contribution in [2.45, 2.75) is 193 Å². The predicted molar refractivity (Wildman–Crippen MR) is 200 cm³/mol. The van der Waals surface area contributed by atoms with Crippen LogP contribution in [0.5, 0.6) is 0 Å². The molecule has 4 aliphatic carbocycles. The normalized spacial score (nSPS) is 52.4. The summed E-state index contributed by atoms with van der Waals surface area (Å²) >= 11 is 0. The number of hydrogen-bond donors (Lipinski definition) is 8. The minimum absolute atomic E-state index is 0.0545. The van der Waals surface area contributed by atoms with Crippen molar-refractivity contribution < 1.29 is 59.8 Å². The quantitative estimate of drug-likeness (QED) is 0.143. The number of ether oxygens (including phenoxy) is 4. The molecule has 4 saturated carbocycles. The summed E-state index contributed by atoms with van der Waals surface area (Å²) < 4.78 is 24.4. The van der Waals surface area contributed by atoms with Crippen LogP contribution < -0.4 is 0 Å². The van der Waals surface area contributed by atoms with Crippen LogP contribution in [-0.4, -0.2) is 128 Å². The van der Waals surface area contributed by atoms with Crippen molar-refractivity contribution in [2.24, 2.45) is 57.2 Å². The summed E-state index contributed by atoms with van der Waals surface area (Å²) in [4.78, 5) is 0. The van der Waals surface area contributed by atoms with E-state index in [0.717, 1.165) is 32.1 Å². The molecule has 0 radical (unpaired) electrons. The third kappa shape index (κ3) is 7.06. The Morgan fingerprint density at radius 3 is 1.89 bits per heavy atom. The molecule has 6 rings (SSSR count). The number of aliphatic hydroxyl groups excluding tert-OH is 8. The summed E-state index contributed by atoms with van der Waals surface area (Å²) in [6, 6.07) is 0. The van der Waals surface area contributed by atoms with E-state index in [4.69, 9.17) is 18.9 Å². The molecule has 0 spiro atoms. The van der Waals surface area contributed by atoms with Gasteiger partial charge in [-0.15, -0.1) is 0 Å². The molecule has 0 aromatic heterocycles. The molecule has 314 valence electrons. The van der Waals surface area contributed by atoms with Crippen molar-refractivity contribution in [3.05, 3.63) is 0 Å². The highest BCUT2D eigenvalue weighted by atomic mass is 16.8. The van der Waals surface area contributed by atoms with E-state index in [0.29, 0.717) is 36.0 Å². The van der Waals surface area contributed by atoms with E-state index < -0.39 is 74.6 Å². The van der Waals surface area contributed by atoms with Crippen molar-refractivity contribution >= 4 is 0 Å². The molecule has 2 saturated heterocycles. The Balaban J connectivity index is 1.21. The van der Waals surface area contributed by atoms with Crippen molar-refractivity contribution in [3.63, 3.8) is 0 Å². The lowest BCUT2D eigenvalue weighted by Crippen LogP contribution is -2.67. The Morgan fingerprint density at radius 1 is 0.648 bits per heavy atom. The molecule has 6 fully saturated rings. The first-order valence-electron chi connectivity index (χ1n) is 21.2. The Kier molecular flexibility index (Phi) is 12.7. The van der Waals surface area contributed by atoms with Crippen LogP contribution in [0.15, 0.2) is 0 Å². The molecule has 12 nitrogen and oxygen atoms in total. The first kappa shape index (κ1) is 43.1. The van der Waals surface area contributed by atoms with Crippen LogP contribution in [0, 0.1) is 57.2 Å². The minimum atomic E-state index is -1.73. The molecule has 0 bridgehead atoms. The zero-order valence-corrected chi connectivity index (χ0v) is 34.1. The van der Waals surface area contributed by atoms with Crippen molar-refractivity contribution in [3.8, 4) is 0 Å². The molecule has 0 aromatic carbocycles. The summed E-state index contributed by atoms with van der Waals surface area (Å²) in [6.07, 6.45) is -5.07. The lowest BCUT2D eigenvalue weighted by molar-refractivity contribution is -0.378. The van der Waals surface area contributed by atoms with E-state index >= 15 is 0 Å². The SMILES string of the molecule is CC(C)CCC[C@@H](C)[C@H]1CC[C@]2(C)[C@@H]1[C@H](O)C[C@@H]1[C@@]3(C)CC[C@H](O[C@@H]4O[C@H](CO)[C@@H](O)[C@H](O)[C@H]4O[C@@H]4O[C@H](CO)[C@@H](O)[C@H](O)[C@H]4O)C(C)(C)[C@@H]3CC[C@]12C. The molecular weight excluding hydrogens is 696 g/mol. The molecule has 20 atom stereocenters. The van der Waals surface area contributed by atoms with E-state index in [9.17, 15) is 40.9 Å². The van der Waals surface area contributed by atoms with Crippen LogP contribution in [0.4, 0.5) is 0 Å². The molecular formula is C42H74O12. The molecule has 12 heteroatoms. The van der Waals surface area contributed by atoms with Crippen LogP contribution in [0.1, 0.15) is 120 Å². The van der Waals surface area contributed by atoms with Gasteiger partial charge in [-0.05, 0) is 102 Å². The van der Waals surface area contributed by atoms with Gasteiger partial charge in [0.1, 0.15) is 48.8 Å². The van der Waals surface area contributed by atoms with Crippen molar-refractivity contribution in [1.29, 1.82) is 0 Å². The van der Waals surface area contributed by atoms with Crippen molar-refractivity contribution in [1.82, 2.24) is 0 Å². The maximum absolute atomic E-state index is 12.2. The first-order valence-corrected chi connectivity index (χ1v) is 21.2. The van der Waals surface area contributed by atoms with Gasteiger partial charge in [0.25, 0.3) is 0 Å². The van der Waals surface area contributed by atoms with Gasteiger partial charge in [-0.3, -0.25) is 0 Å². The molecule has 0 unspecified atom stereocenters. The Bertz CT molecular complexity index is 1270. The smallest absolute Gasteiger partial charge is 0.187 e. The van der Waals surface area contributed by atoms with Gasteiger partial charge in [-0.1, -0.05) is 74.7 Å². The zero-order chi connectivity index (χ0) is 39.7. The zero-order valence-electron chi connectivity index (χ0n) is 34.1. The van der Waals surface area contributed by atoms with Crippen LogP contribution in [0.25, 0.3) is 0 Å². The third-order valence-corrected chi connectivity index (χ3v) is 16.8. The Labute approximate surface area is 322 Å². The summed E-state index contributed by atoms with van der Waals surface area (Å²) in [5.74, 6) is 2.75. The summed E-state index contributed by atoms with van der Waals surface area (Å²) in [7, 11) is 0. The van der Waals surface area contributed by atoms with E-state index in [1.165, 1.54) is 25.7 Å². The molecule has 8 N–H and O–H groups in total. The third-order valence-electron chi connectivity index (χ3n) is 16.8. The average Bonchev–Trinajstić information content (AvgIpc) is 3.49. The van der Waals surface area contributed by atoms with Crippen LogP contribution in [-0.2, 0) is 18.9 Å². The van der Waals surface area contributed by atoms with E-state index in [-0.39, 0.29) is 39.8 Å². The van der Waals surface area contributed by atoms with Crippen LogP contribution in [0.3, 0.4) is 0 Å². The highest BCUT2D eigenvalue weighted by Gasteiger charge is 2.71. The van der Waals surface area contributed by atoms with Crippen LogP contribution in [0.2, 0.25) is 0 Å². The Hall–Kier alpha value is -0.480. The van der Waals surface area contributed by atoms with Gasteiger partial charge >= 0.3 is 0 Å². The second kappa shape index (κ2) is 15.9. The number of fused-ring (bicyclic) bond motifs is 5. The number of aliphatic hydroxyl groups is 8. The molecule has 2 heterocycles. The Morgan fingerprint density at radius 2 is 1.26 bits per heavy atom. The topological polar surface area (TPSA) is 199 Å². The van der Waals surface area contributed by atoms with Crippen molar-refractivity contribution in [2.75, 3.05) is 13.2 Å².